The molecular weight excluding hydrogens is 436 g/mol. The maximum Gasteiger partial charge on any atom is 0.160 e. The van der Waals surface area contributed by atoms with E-state index in [4.69, 9.17) is 0 Å². The Morgan fingerprint density at radius 1 is 0.815 bits per heavy atom. The largest absolute Gasteiger partial charge is 0.297 e. The number of aldehydes is 1. The van der Waals surface area contributed by atoms with E-state index in [0.717, 1.165) is 24.0 Å². The van der Waals surface area contributed by atoms with Gasteiger partial charge in [-0.1, -0.05) is 52.4 Å². The van der Waals surface area contributed by atoms with Crippen LogP contribution in [0.15, 0.2) is 15.9 Å². The van der Waals surface area contributed by atoms with Gasteiger partial charge in [-0.05, 0) is 64.9 Å². The molecule has 0 N–H and O–H groups in total. The van der Waals surface area contributed by atoms with Crippen molar-refractivity contribution in [2.45, 2.75) is 78.1 Å². The zero-order valence-electron chi connectivity index (χ0n) is 16.4. The molecule has 2 heterocycles. The SMILES string of the molecule is CCCCCCc1c(CCCCCC)c2sc(C=O)cc2c2cc(Br)sc12. The second-order valence-corrected chi connectivity index (χ2v) is 10.9. The summed E-state index contributed by atoms with van der Waals surface area (Å²) in [6.07, 6.45) is 13.6. The van der Waals surface area contributed by atoms with Crippen LogP contribution >= 0.6 is 38.6 Å². The van der Waals surface area contributed by atoms with Gasteiger partial charge in [-0.3, -0.25) is 4.79 Å². The lowest BCUT2D eigenvalue weighted by molar-refractivity contribution is 0.112. The first-order chi connectivity index (χ1) is 13.2. The fourth-order valence-corrected chi connectivity index (χ4v) is 6.74. The Kier molecular flexibility index (Phi) is 7.92. The molecule has 2 aromatic heterocycles. The van der Waals surface area contributed by atoms with Crippen molar-refractivity contribution in [1.29, 1.82) is 0 Å². The molecule has 1 aromatic carbocycles. The van der Waals surface area contributed by atoms with Crippen molar-refractivity contribution in [3.8, 4) is 0 Å². The van der Waals surface area contributed by atoms with Gasteiger partial charge in [0.05, 0.1) is 8.66 Å². The quantitative estimate of drug-likeness (QED) is 0.204. The van der Waals surface area contributed by atoms with Crippen LogP contribution in [0.25, 0.3) is 20.2 Å². The molecule has 3 aromatic rings. The Morgan fingerprint density at radius 3 is 1.93 bits per heavy atom. The maximum absolute atomic E-state index is 11.5. The van der Waals surface area contributed by atoms with Crippen LogP contribution in [0, 0.1) is 0 Å². The van der Waals surface area contributed by atoms with E-state index in [1.165, 1.54) is 80.9 Å². The second kappa shape index (κ2) is 10.2. The molecule has 0 radical (unpaired) electrons. The van der Waals surface area contributed by atoms with Gasteiger partial charge < -0.3 is 0 Å². The number of carbonyl (C=O) groups excluding carboxylic acids is 1. The smallest absolute Gasteiger partial charge is 0.160 e. The summed E-state index contributed by atoms with van der Waals surface area (Å²) in [6, 6.07) is 4.35. The molecular formula is C23H29BrOS2. The van der Waals surface area contributed by atoms with Crippen LogP contribution in [-0.2, 0) is 12.8 Å². The molecule has 0 saturated carbocycles. The molecule has 0 spiro atoms. The van der Waals surface area contributed by atoms with Crippen LogP contribution < -0.4 is 0 Å². The predicted octanol–water partition coefficient (Wildman–Crippen LogP) is 8.94. The summed E-state index contributed by atoms with van der Waals surface area (Å²) in [5.74, 6) is 0. The van der Waals surface area contributed by atoms with Crippen molar-refractivity contribution in [2.75, 3.05) is 0 Å². The Balaban J connectivity index is 2.08. The number of rotatable bonds is 11. The van der Waals surface area contributed by atoms with Crippen molar-refractivity contribution in [3.05, 3.63) is 31.9 Å². The van der Waals surface area contributed by atoms with Crippen LogP contribution in [-0.4, -0.2) is 6.29 Å². The second-order valence-electron chi connectivity index (χ2n) is 7.38. The van der Waals surface area contributed by atoms with E-state index < -0.39 is 0 Å². The Hall–Kier alpha value is -0.710. The van der Waals surface area contributed by atoms with E-state index in [1.807, 2.05) is 11.3 Å². The molecule has 0 saturated heterocycles. The molecule has 0 atom stereocenters. The van der Waals surface area contributed by atoms with Gasteiger partial charge in [-0.2, -0.15) is 0 Å². The molecule has 0 unspecified atom stereocenters. The lowest BCUT2D eigenvalue weighted by atomic mass is 9.93. The van der Waals surface area contributed by atoms with Crippen molar-refractivity contribution >= 4 is 65.1 Å². The number of benzene rings is 1. The highest BCUT2D eigenvalue weighted by atomic mass is 79.9. The molecule has 4 heteroatoms. The molecule has 0 aliphatic rings. The van der Waals surface area contributed by atoms with E-state index in [-0.39, 0.29) is 0 Å². The van der Waals surface area contributed by atoms with E-state index in [1.54, 1.807) is 16.9 Å². The summed E-state index contributed by atoms with van der Waals surface area (Å²) in [4.78, 5) is 12.3. The van der Waals surface area contributed by atoms with Gasteiger partial charge in [0.25, 0.3) is 0 Å². The maximum atomic E-state index is 11.5. The zero-order chi connectivity index (χ0) is 19.2. The van der Waals surface area contributed by atoms with Crippen LogP contribution in [0.3, 0.4) is 0 Å². The highest BCUT2D eigenvalue weighted by Gasteiger charge is 2.18. The first-order valence-electron chi connectivity index (χ1n) is 10.3. The average Bonchev–Trinajstić information content (AvgIpc) is 3.26. The minimum atomic E-state index is 0.853. The molecule has 1 nitrogen and oxygen atoms in total. The standard InChI is InChI=1S/C23H29BrOS2/c1-3-5-7-9-11-17-18(12-10-8-6-4-2)23-20(14-21(24)27-23)19-13-16(15-25)26-22(17)19/h13-15H,3-12H2,1-2H3. The molecule has 3 rings (SSSR count). The van der Waals surface area contributed by atoms with Gasteiger partial charge in [-0.25, -0.2) is 0 Å². The summed E-state index contributed by atoms with van der Waals surface area (Å²) in [5.41, 5.74) is 3.08. The van der Waals surface area contributed by atoms with Crippen molar-refractivity contribution in [3.63, 3.8) is 0 Å². The molecule has 0 amide bonds. The number of unbranched alkanes of at least 4 members (excludes halogenated alkanes) is 6. The highest BCUT2D eigenvalue weighted by Crippen LogP contribution is 2.44. The third-order valence-electron chi connectivity index (χ3n) is 5.33. The molecule has 0 aliphatic carbocycles. The minimum Gasteiger partial charge on any atom is -0.297 e. The van der Waals surface area contributed by atoms with Crippen LogP contribution in [0.2, 0.25) is 0 Å². The Labute approximate surface area is 179 Å². The van der Waals surface area contributed by atoms with Gasteiger partial charge in [-0.15, -0.1) is 22.7 Å². The molecule has 146 valence electrons. The summed E-state index contributed by atoms with van der Waals surface area (Å²) < 4.78 is 3.99. The van der Waals surface area contributed by atoms with Crippen LogP contribution in [0.5, 0.6) is 0 Å². The van der Waals surface area contributed by atoms with E-state index >= 15 is 0 Å². The topological polar surface area (TPSA) is 17.1 Å². The summed E-state index contributed by atoms with van der Waals surface area (Å²) in [7, 11) is 0. The fourth-order valence-electron chi connectivity index (χ4n) is 3.94. The lowest BCUT2D eigenvalue weighted by Gasteiger charge is -2.13. The molecule has 0 bridgehead atoms. The number of thiophene rings is 2. The van der Waals surface area contributed by atoms with Gasteiger partial charge >= 0.3 is 0 Å². The Bertz CT molecular complexity index is 906. The number of aryl methyl sites for hydroxylation is 2. The van der Waals surface area contributed by atoms with E-state index in [2.05, 4.69) is 41.9 Å². The number of halogens is 1. The summed E-state index contributed by atoms with van der Waals surface area (Å²) >= 11 is 7.27. The van der Waals surface area contributed by atoms with Gasteiger partial charge in [0.15, 0.2) is 6.29 Å². The normalized spacial score (nSPS) is 11.7. The zero-order valence-corrected chi connectivity index (χ0v) is 19.6. The summed E-state index contributed by atoms with van der Waals surface area (Å²) in [6.45, 7) is 4.54. The average molecular weight is 466 g/mol. The lowest BCUT2D eigenvalue weighted by Crippen LogP contribution is -1.97. The van der Waals surface area contributed by atoms with Crippen LogP contribution in [0.4, 0.5) is 0 Å². The van der Waals surface area contributed by atoms with Crippen molar-refractivity contribution in [1.82, 2.24) is 0 Å². The predicted molar refractivity (Wildman–Crippen MR) is 126 cm³/mol. The first kappa shape index (κ1) is 21.0. The number of hydrogen-bond donors (Lipinski definition) is 0. The van der Waals surface area contributed by atoms with Crippen molar-refractivity contribution in [2.24, 2.45) is 0 Å². The monoisotopic (exact) mass is 464 g/mol. The van der Waals surface area contributed by atoms with Crippen LogP contribution in [0.1, 0.15) is 86.0 Å². The molecule has 0 fully saturated rings. The number of carbonyl (C=O) groups is 1. The third kappa shape index (κ3) is 4.83. The van der Waals surface area contributed by atoms with E-state index in [0.29, 0.717) is 0 Å². The first-order valence-corrected chi connectivity index (χ1v) is 12.7. The fraction of sp³-hybridized carbons (Fsp3) is 0.522. The Morgan fingerprint density at radius 2 is 1.37 bits per heavy atom. The minimum absolute atomic E-state index is 0.853. The third-order valence-corrected chi connectivity index (χ3v) is 8.15. The van der Waals surface area contributed by atoms with E-state index in [9.17, 15) is 4.79 Å². The van der Waals surface area contributed by atoms with Gasteiger partial charge in [0.1, 0.15) is 0 Å². The van der Waals surface area contributed by atoms with Gasteiger partial charge in [0.2, 0.25) is 0 Å². The summed E-state index contributed by atoms with van der Waals surface area (Å²) in [5, 5.41) is 2.61. The number of hydrogen-bond acceptors (Lipinski definition) is 3. The molecule has 0 aliphatic heterocycles. The molecule has 27 heavy (non-hydrogen) atoms. The number of fused-ring (bicyclic) bond motifs is 3. The van der Waals surface area contributed by atoms with Gasteiger partial charge in [0, 0.05) is 20.2 Å². The van der Waals surface area contributed by atoms with Crippen molar-refractivity contribution < 1.29 is 4.79 Å². The highest BCUT2D eigenvalue weighted by molar-refractivity contribution is 9.11.